The molecule has 0 saturated carbocycles. The first-order valence-electron chi connectivity index (χ1n) is 14.1. The van der Waals surface area contributed by atoms with Crippen LogP contribution < -0.4 is 16.0 Å². The Morgan fingerprint density at radius 3 is 2.71 bits per heavy atom. The second kappa shape index (κ2) is 13.5. The number of fused-ring (bicyclic) bond motifs is 1. The van der Waals surface area contributed by atoms with Gasteiger partial charge in [0.25, 0.3) is 0 Å². The van der Waals surface area contributed by atoms with E-state index < -0.39 is 0 Å². The Morgan fingerprint density at radius 2 is 1.97 bits per heavy atom. The molecule has 1 radical (unpaired) electrons. The molecule has 1 aliphatic carbocycles. The van der Waals surface area contributed by atoms with Crippen molar-refractivity contribution >= 4 is 41.2 Å². The minimum absolute atomic E-state index is 0.0275. The predicted octanol–water partition coefficient (Wildman–Crippen LogP) is 6.03. The second-order valence-electron chi connectivity index (χ2n) is 10.5. The molecule has 203 valence electrons. The molecule has 8 heteroatoms. The third-order valence-electron chi connectivity index (χ3n) is 7.37. The van der Waals surface area contributed by atoms with Gasteiger partial charge >= 0.3 is 220 Å². The molecule has 3 heterocycles. The molecule has 2 aliphatic rings. The summed E-state index contributed by atoms with van der Waals surface area (Å²) >= 11 is 1.64. The summed E-state index contributed by atoms with van der Waals surface area (Å²) in [6.07, 6.45) is 12.8. The number of carbonyl (C=O) groups excluding carboxylic acids is 1. The van der Waals surface area contributed by atoms with Crippen molar-refractivity contribution in [1.29, 1.82) is 0 Å². The number of anilines is 1. The van der Waals surface area contributed by atoms with Crippen molar-refractivity contribution in [2.75, 3.05) is 25.0 Å². The summed E-state index contributed by atoms with van der Waals surface area (Å²) in [5, 5.41) is 10.6. The van der Waals surface area contributed by atoms with Crippen molar-refractivity contribution in [2.24, 2.45) is 0 Å². The number of unbranched alkanes of at least 4 members (excludes halogenated alkanes) is 1. The summed E-state index contributed by atoms with van der Waals surface area (Å²) in [6, 6.07) is 3.86. The van der Waals surface area contributed by atoms with E-state index in [0.29, 0.717) is 12.2 Å². The van der Waals surface area contributed by atoms with E-state index >= 15 is 0 Å². The Bertz CT molecular complexity index is 1190. The molecule has 2 aromatic rings. The average Bonchev–Trinajstić information content (AvgIpc) is 3.56. The van der Waals surface area contributed by atoms with Gasteiger partial charge in [-0.05, 0) is 0 Å². The molecular weight excluding hydrogens is 491 g/mol. The first-order valence-corrected chi connectivity index (χ1v) is 14.9. The van der Waals surface area contributed by atoms with Crippen LogP contribution in [0.25, 0.3) is 5.70 Å². The van der Waals surface area contributed by atoms with Crippen LogP contribution in [0, 0.1) is 0 Å². The van der Waals surface area contributed by atoms with Gasteiger partial charge in [0.2, 0.25) is 0 Å². The van der Waals surface area contributed by atoms with Crippen molar-refractivity contribution in [1.82, 2.24) is 15.2 Å². The molecule has 1 aliphatic heterocycles. The molecule has 0 saturated heterocycles. The zero-order chi connectivity index (χ0) is 27.1. The summed E-state index contributed by atoms with van der Waals surface area (Å²) in [6.45, 7) is 10.6. The standard InChI is InChI=1S/C30H42BN4O2S/c1-5-6-11-22-18-32-15-14-23(22)25(21(4)35-16-9-10-17-35)19-33-30(36)34-29-27(28(31)37-20(2)3)24-12-7-8-13-26(24)38-29/h9-10,16-17,20,32H,5-8,11-15,18-19H2,1-4H3,(H2,33,34,36)/b25-21+. The molecule has 38 heavy (non-hydrogen) atoms. The second-order valence-corrected chi connectivity index (χ2v) is 11.6. The number of nitrogens with zero attached hydrogens (tertiary/aromatic N) is 1. The van der Waals surface area contributed by atoms with Gasteiger partial charge in [-0.3, -0.25) is 0 Å². The number of ether oxygens (including phenoxy) is 1. The topological polar surface area (TPSA) is 67.3 Å². The number of amides is 2. The van der Waals surface area contributed by atoms with Gasteiger partial charge in [-0.2, -0.15) is 0 Å². The van der Waals surface area contributed by atoms with Crippen molar-refractivity contribution in [3.8, 4) is 0 Å². The zero-order valence-electron chi connectivity index (χ0n) is 23.4. The normalized spacial score (nSPS) is 16.2. The van der Waals surface area contributed by atoms with E-state index in [1.807, 2.05) is 26.0 Å². The Morgan fingerprint density at radius 1 is 1.21 bits per heavy atom. The van der Waals surface area contributed by atoms with Crippen LogP contribution in [-0.4, -0.2) is 49.5 Å². The zero-order valence-corrected chi connectivity index (χ0v) is 24.2. The molecule has 2 amide bonds. The number of aromatic nitrogens is 1. The van der Waals surface area contributed by atoms with E-state index in [1.54, 1.807) is 11.3 Å². The minimum atomic E-state index is -0.218. The van der Waals surface area contributed by atoms with Gasteiger partial charge in [0.05, 0.1) is 0 Å². The van der Waals surface area contributed by atoms with E-state index in [2.05, 4.69) is 46.8 Å². The van der Waals surface area contributed by atoms with E-state index in [9.17, 15) is 4.79 Å². The fourth-order valence-electron chi connectivity index (χ4n) is 5.44. The SMILES string of the molecule is [B]=C(OC(C)C)c1c(NC(=O)NC/C(C2=C(CCCC)CNCC2)=C(/C)n2cccc2)sc2c1CCCC2. The van der Waals surface area contributed by atoms with Crippen LogP contribution in [0.15, 0.2) is 41.2 Å². The Balaban J connectivity index is 1.57. The van der Waals surface area contributed by atoms with Crippen LogP contribution in [0.4, 0.5) is 9.80 Å². The van der Waals surface area contributed by atoms with Crippen molar-refractivity contribution in [3.63, 3.8) is 0 Å². The van der Waals surface area contributed by atoms with Gasteiger partial charge in [-0.1, -0.05) is 13.3 Å². The molecule has 2 aromatic heterocycles. The average molecular weight is 534 g/mol. The number of thiophene rings is 1. The maximum atomic E-state index is 13.3. The predicted molar refractivity (Wildman–Crippen MR) is 161 cm³/mol. The third kappa shape index (κ3) is 6.89. The van der Waals surface area contributed by atoms with Gasteiger partial charge in [-0.15, -0.1) is 0 Å². The molecule has 0 spiro atoms. The van der Waals surface area contributed by atoms with Crippen LogP contribution in [0.1, 0.15) is 82.2 Å². The molecule has 6 nitrogen and oxygen atoms in total. The van der Waals surface area contributed by atoms with E-state index in [0.717, 1.165) is 61.5 Å². The van der Waals surface area contributed by atoms with Crippen molar-refractivity contribution < 1.29 is 9.53 Å². The fraction of sp³-hybridized carbons (Fsp3) is 0.533. The third-order valence-corrected chi connectivity index (χ3v) is 8.58. The van der Waals surface area contributed by atoms with Crippen LogP contribution in [0.3, 0.4) is 0 Å². The number of hydrogen-bond donors (Lipinski definition) is 3. The fourth-order valence-corrected chi connectivity index (χ4v) is 6.73. The first kappa shape index (κ1) is 28.4. The number of nitrogens with one attached hydrogen (secondary N) is 3. The van der Waals surface area contributed by atoms with E-state index in [-0.39, 0.29) is 12.1 Å². The molecule has 0 unspecified atom stereocenters. The van der Waals surface area contributed by atoms with Crippen LogP contribution in [-0.2, 0) is 17.6 Å². The summed E-state index contributed by atoms with van der Waals surface area (Å²) in [4.78, 5) is 14.6. The van der Waals surface area contributed by atoms with Gasteiger partial charge < -0.3 is 0 Å². The molecule has 0 fully saturated rings. The Kier molecular flexibility index (Phi) is 10.1. The first-order chi connectivity index (χ1) is 18.4. The molecule has 0 atom stereocenters. The van der Waals surface area contributed by atoms with Gasteiger partial charge in [0.15, 0.2) is 0 Å². The van der Waals surface area contributed by atoms with Crippen LogP contribution in [0.5, 0.6) is 0 Å². The Labute approximate surface area is 233 Å². The number of hydrogen-bond acceptors (Lipinski definition) is 4. The summed E-state index contributed by atoms with van der Waals surface area (Å²) in [5.74, 6) is 0. The number of urea groups is 1. The van der Waals surface area contributed by atoms with Crippen LogP contribution >= 0.6 is 11.3 Å². The number of carbonyl (C=O) groups is 1. The molecule has 0 aromatic carbocycles. The van der Waals surface area contributed by atoms with Crippen molar-refractivity contribution in [3.05, 3.63) is 57.2 Å². The number of rotatable bonds is 11. The quantitative estimate of drug-likeness (QED) is 0.309. The van der Waals surface area contributed by atoms with Gasteiger partial charge in [0.1, 0.15) is 0 Å². The molecular formula is C30H42BN4O2S. The molecule has 0 bridgehead atoms. The van der Waals surface area contributed by atoms with E-state index in [4.69, 9.17) is 12.2 Å². The maximum absolute atomic E-state index is 13.3. The molecule has 4 rings (SSSR count). The van der Waals surface area contributed by atoms with Crippen molar-refractivity contribution in [2.45, 2.75) is 85.2 Å². The summed E-state index contributed by atoms with van der Waals surface area (Å²) < 4.78 is 8.03. The summed E-state index contributed by atoms with van der Waals surface area (Å²) in [7, 11) is 6.42. The van der Waals surface area contributed by atoms with Gasteiger partial charge in [-0.25, -0.2) is 0 Å². The van der Waals surface area contributed by atoms with Gasteiger partial charge in [0, 0.05) is 0 Å². The summed E-state index contributed by atoms with van der Waals surface area (Å²) in [5.41, 5.74) is 7.71. The number of aryl methyl sites for hydroxylation is 1. The van der Waals surface area contributed by atoms with Crippen LogP contribution in [0.2, 0.25) is 0 Å². The Hall–Kier alpha value is -2.58. The molecule has 3 N–H and O–H groups in total. The monoisotopic (exact) mass is 533 g/mol. The van der Waals surface area contributed by atoms with E-state index in [1.165, 1.54) is 46.4 Å². The number of allylic oxidation sites excluding steroid dienone is 1.